The highest BCUT2D eigenvalue weighted by atomic mass is 19.1. The molecule has 2 aromatic rings. The van der Waals surface area contributed by atoms with Gasteiger partial charge in [0.2, 0.25) is 5.91 Å². The van der Waals surface area contributed by atoms with Crippen molar-refractivity contribution in [1.82, 2.24) is 0 Å². The average molecular weight is 1070 g/mol. The van der Waals surface area contributed by atoms with E-state index in [2.05, 4.69) is 17.9 Å². The summed E-state index contributed by atoms with van der Waals surface area (Å²) in [5.41, 5.74) is 6.52. The predicted molar refractivity (Wildman–Crippen MR) is 288 cm³/mol. The number of hydrogen-bond donors (Lipinski definition) is 6. The molecule has 17 nitrogen and oxygen atoms in total. The molecule has 2 saturated carbocycles. The lowest BCUT2D eigenvalue weighted by molar-refractivity contribution is -0.205. The molecule has 2 aromatic carbocycles. The number of halogens is 1. The molecule has 4 aliphatic rings. The first kappa shape index (κ1) is 71.4. The molecule has 1 heterocycles. The summed E-state index contributed by atoms with van der Waals surface area (Å²) in [6.45, 7) is 18.7. The maximum atomic E-state index is 14.0. The number of ether oxygens (including phenoxy) is 4. The van der Waals surface area contributed by atoms with Crippen molar-refractivity contribution in [1.29, 1.82) is 0 Å². The van der Waals surface area contributed by atoms with Crippen molar-refractivity contribution >= 4 is 42.4 Å². The van der Waals surface area contributed by atoms with Gasteiger partial charge in [-0.25, -0.2) is 9.18 Å². The summed E-state index contributed by atoms with van der Waals surface area (Å²) in [5, 5.41) is 43.1. The molecule has 0 radical (unpaired) electrons. The van der Waals surface area contributed by atoms with Gasteiger partial charge in [-0.05, 0) is 93.7 Å². The summed E-state index contributed by atoms with van der Waals surface area (Å²) in [4.78, 5) is 77.2. The summed E-state index contributed by atoms with van der Waals surface area (Å²) in [7, 11) is 2.00. The van der Waals surface area contributed by atoms with Gasteiger partial charge >= 0.3 is 18.1 Å². The van der Waals surface area contributed by atoms with E-state index < -0.39 is 42.0 Å². The number of carbonyl (C=O) groups excluding carboxylic acids is 6. The number of allylic oxidation sites excluding steroid dienone is 5. The second kappa shape index (κ2) is 39.7. The average Bonchev–Trinajstić information content (AvgIpc) is 3.38. The zero-order chi connectivity index (χ0) is 58.4. The highest BCUT2D eigenvalue weighted by Crippen LogP contribution is 2.58. The highest BCUT2D eigenvalue weighted by Gasteiger charge is 2.62. The Hall–Kier alpha value is -6.70. The van der Waals surface area contributed by atoms with Crippen LogP contribution in [-0.2, 0) is 49.3 Å². The summed E-state index contributed by atoms with van der Waals surface area (Å²) in [5.74, 6) is -1.56. The fourth-order valence-electron chi connectivity index (χ4n) is 8.80. The van der Waals surface area contributed by atoms with E-state index in [1.54, 1.807) is 73.7 Å². The lowest BCUT2D eigenvalue weighted by atomic mass is 9.51. The van der Waals surface area contributed by atoms with Crippen LogP contribution in [-0.4, -0.2) is 132 Å². The number of aryl methyl sites for hydroxylation is 1. The van der Waals surface area contributed by atoms with Crippen molar-refractivity contribution in [3.63, 3.8) is 0 Å². The number of nitrogens with two attached hydrogens (primary N) is 1. The van der Waals surface area contributed by atoms with E-state index in [1.807, 2.05) is 64.1 Å². The van der Waals surface area contributed by atoms with Crippen LogP contribution in [0.4, 0.5) is 9.18 Å². The number of rotatable bonds is 13. The van der Waals surface area contributed by atoms with E-state index in [0.717, 1.165) is 38.1 Å². The van der Waals surface area contributed by atoms with Crippen LogP contribution >= 0.6 is 0 Å². The highest BCUT2D eigenvalue weighted by molar-refractivity contribution is 5.92. The predicted octanol–water partition coefficient (Wildman–Crippen LogP) is 7.80. The first-order chi connectivity index (χ1) is 36.1. The van der Waals surface area contributed by atoms with Crippen LogP contribution in [0.3, 0.4) is 0 Å². The Bertz CT molecular complexity index is 2200. The minimum absolute atomic E-state index is 0.0612. The van der Waals surface area contributed by atoms with E-state index in [-0.39, 0.29) is 73.4 Å². The number of amides is 1. The van der Waals surface area contributed by atoms with Crippen molar-refractivity contribution in [2.75, 3.05) is 34.1 Å². The number of aliphatic hydroxyl groups is 4. The Morgan fingerprint density at radius 3 is 1.91 bits per heavy atom. The second-order valence-electron chi connectivity index (χ2n) is 17.6. The molecule has 1 aliphatic heterocycles. The van der Waals surface area contributed by atoms with Gasteiger partial charge in [0.05, 0.1) is 24.4 Å². The first-order valence-corrected chi connectivity index (χ1v) is 24.5. The van der Waals surface area contributed by atoms with E-state index in [4.69, 9.17) is 50.0 Å². The number of Topliss-reactive ketones (excluding diaryl/α,β-unsaturated/α-hetero) is 1. The van der Waals surface area contributed by atoms with Crippen molar-refractivity contribution in [3.8, 4) is 0 Å². The van der Waals surface area contributed by atoms with E-state index in [9.17, 15) is 33.5 Å². The topological polar surface area (TPSA) is 284 Å². The lowest BCUT2D eigenvalue weighted by Gasteiger charge is -2.58. The van der Waals surface area contributed by atoms with Crippen LogP contribution in [0, 0.1) is 23.2 Å². The number of alkyl halides is 1. The summed E-state index contributed by atoms with van der Waals surface area (Å²) in [6.07, 6.45) is 12.4. The van der Waals surface area contributed by atoms with Crippen LogP contribution in [0.2, 0.25) is 0 Å². The van der Waals surface area contributed by atoms with Crippen LogP contribution in [0.15, 0.2) is 133 Å². The molecule has 422 valence electrons. The van der Waals surface area contributed by atoms with Gasteiger partial charge in [-0.2, -0.15) is 0 Å². The van der Waals surface area contributed by atoms with Gasteiger partial charge in [0.15, 0.2) is 18.2 Å². The smallest absolute Gasteiger partial charge is 0.458 e. The molecular formula is C58H82FNO16. The van der Waals surface area contributed by atoms with Gasteiger partial charge in [-0.1, -0.05) is 118 Å². The van der Waals surface area contributed by atoms with Gasteiger partial charge in [-0.15, -0.1) is 0 Å². The molecule has 3 fully saturated rings. The number of aldehydes is 2. The maximum Gasteiger partial charge on any atom is 0.506 e. The van der Waals surface area contributed by atoms with Gasteiger partial charge in [0, 0.05) is 56.8 Å². The Morgan fingerprint density at radius 1 is 0.921 bits per heavy atom. The van der Waals surface area contributed by atoms with Crippen LogP contribution < -0.4 is 5.73 Å². The Balaban J connectivity index is 0. The van der Waals surface area contributed by atoms with E-state index in [0.29, 0.717) is 42.6 Å². The molecule has 8 atom stereocenters. The number of carboxylic acid groups (broad SMARTS) is 1. The molecule has 1 amide bonds. The third kappa shape index (κ3) is 24.8. The molecule has 7 N–H and O–H groups in total. The van der Waals surface area contributed by atoms with Crippen molar-refractivity contribution < 1.29 is 82.4 Å². The Morgan fingerprint density at radius 2 is 1.49 bits per heavy atom. The summed E-state index contributed by atoms with van der Waals surface area (Å²) in [6, 6.07) is 18.5. The van der Waals surface area contributed by atoms with Crippen LogP contribution in [0.25, 0.3) is 0 Å². The number of aliphatic hydroxyl groups excluding tert-OH is 3. The number of fused-ring (bicyclic) bond motifs is 5. The molecule has 76 heavy (non-hydrogen) atoms. The monoisotopic (exact) mass is 1070 g/mol. The molecule has 3 aliphatic carbocycles. The molecule has 18 heteroatoms. The number of hydrogen-bond acceptors (Lipinski definition) is 15. The first-order valence-electron chi connectivity index (χ1n) is 24.5. The van der Waals surface area contributed by atoms with Gasteiger partial charge in [0.25, 0.3) is 0 Å². The third-order valence-corrected chi connectivity index (χ3v) is 12.3. The van der Waals surface area contributed by atoms with Crippen LogP contribution in [0.1, 0.15) is 96.5 Å². The molecule has 0 spiro atoms. The lowest BCUT2D eigenvalue weighted by Crippen LogP contribution is -2.63. The fourth-order valence-corrected chi connectivity index (χ4v) is 8.80. The number of benzene rings is 2. The number of primary amides is 1. The molecular weight excluding hydrogens is 986 g/mol. The van der Waals surface area contributed by atoms with Crippen molar-refractivity contribution in [2.24, 2.45) is 28.9 Å². The number of ketones is 1. The number of carbonyl (C=O) groups is 7. The second-order valence-corrected chi connectivity index (χ2v) is 17.6. The minimum Gasteiger partial charge on any atom is -0.458 e. The molecule has 1 saturated heterocycles. The number of esters is 2. The minimum atomic E-state index is -1.27. The maximum absolute atomic E-state index is 14.0. The largest absolute Gasteiger partial charge is 0.506 e. The van der Waals surface area contributed by atoms with Crippen LogP contribution in [0.5, 0.6) is 0 Å². The summed E-state index contributed by atoms with van der Waals surface area (Å²) < 4.78 is 32.2. The Kier molecular flexibility index (Phi) is 37.3. The molecule has 0 aromatic heterocycles. The van der Waals surface area contributed by atoms with Crippen molar-refractivity contribution in [2.45, 2.75) is 117 Å². The fraction of sp³-hybridized carbons (Fsp3) is 0.466. The normalized spacial score (nSPS) is 22.6. The standard InChI is InChI=1S/C30H38O7.C9H12O3.C7H7NO.C6H10O.C2H3FO.C2H4O.2CH4O/c1-17-24(37-25(32)13-10-19-8-6-5-7-9-19)15-30(34)14-21-20(11-12-23-22(21)16-35-23)27(33)28(36-18(2)31)26(17)29(30,3)4;1-3-5-8(6-4-2)7-12-9(10)11;8-7(9)6-4-2-1-3-5-6;1-3-4-5-6(2)7;3-1-2-4;1-2-3;2*1-2/h5-9,20-24,28,34H,10-16H2,1-4H3;3-6H,1,7H2,2H3,(H,10,11);1-5H,(H2,8,9);3-7H,1H2,2H3;2H,1H2;2H,1H3;2*2H,1H3/b;6-4-,8-5+;;5-4+;;;;/t20?,21?,22?,23?,24-,28?,30?;;;;;;;/m0......./s1. The molecule has 6 rings (SSSR count). The van der Waals surface area contributed by atoms with Gasteiger partial charge in [-0.3, -0.25) is 19.2 Å². The SMILES string of the molecule is C=C/C=C(\C=C/C)COC(=O)O.C=C/C=C/C(C)O.CC(=O)OC1C(=O)C2CCC3OCC3C2CC2(O)C[C@H](OC(=O)CCc3ccccc3)C(C)=C1C2(C)C.CC=O.CO.CO.NC(=O)c1ccccc1.O=CCF. The van der Waals surface area contributed by atoms with Gasteiger partial charge < -0.3 is 59.8 Å². The molecule has 2 bridgehead atoms. The third-order valence-electron chi connectivity index (χ3n) is 12.3. The Labute approximate surface area is 447 Å². The zero-order valence-electron chi connectivity index (χ0n) is 45.5. The molecule has 7 unspecified atom stereocenters. The van der Waals surface area contributed by atoms with Crippen molar-refractivity contribution in [3.05, 3.63) is 144 Å². The van der Waals surface area contributed by atoms with E-state index >= 15 is 0 Å². The zero-order valence-corrected chi connectivity index (χ0v) is 45.5. The van der Waals surface area contributed by atoms with Gasteiger partial charge in [0.1, 0.15) is 25.7 Å². The quantitative estimate of drug-likeness (QED) is 0.0367. The van der Waals surface area contributed by atoms with E-state index in [1.165, 1.54) is 13.8 Å². The summed E-state index contributed by atoms with van der Waals surface area (Å²) >= 11 is 0.